The standard InChI is InChI=1S/C26H21ClN4O2/c1-26(2)12-18(32)21-19(13-26)33-25-22(20(21)15-6-4-3-5-7-15)24-29-23(30-31(24)14-28-25)16-8-10-17(27)11-9-16/h3-11,14,20H,12-13H2,1-2H3/t20-/m0/s1. The lowest BCUT2D eigenvalue weighted by molar-refractivity contribution is -0.118. The Bertz CT molecular complexity index is 1440. The fraction of sp³-hybridized carbons (Fsp3) is 0.231. The molecule has 1 atom stereocenters. The number of Topliss-reactive ketones (excluding diaryl/α,β-unsaturated/α-hetero) is 1. The van der Waals surface area contributed by atoms with E-state index in [1.54, 1.807) is 10.8 Å². The lowest BCUT2D eigenvalue weighted by atomic mass is 9.70. The summed E-state index contributed by atoms with van der Waals surface area (Å²) in [6, 6.07) is 17.4. The van der Waals surface area contributed by atoms with Crippen molar-refractivity contribution in [3.05, 3.63) is 88.4 Å². The molecule has 6 rings (SSSR count). The number of benzene rings is 2. The Hall–Kier alpha value is -3.51. The SMILES string of the molecule is CC1(C)CC(=O)C2=C(C1)Oc1ncn3nc(-c4ccc(Cl)cc4)nc3c1[C@H]2c1ccccc1. The molecule has 2 aliphatic rings. The van der Waals surface area contributed by atoms with Gasteiger partial charge in [0.15, 0.2) is 17.3 Å². The third kappa shape index (κ3) is 3.33. The highest BCUT2D eigenvalue weighted by atomic mass is 35.5. The number of halogens is 1. The fourth-order valence-corrected chi connectivity index (χ4v) is 4.97. The van der Waals surface area contributed by atoms with Crippen LogP contribution in [0.5, 0.6) is 5.88 Å². The molecule has 164 valence electrons. The van der Waals surface area contributed by atoms with E-state index in [0.717, 1.165) is 16.7 Å². The zero-order valence-corrected chi connectivity index (χ0v) is 19.0. The Labute approximate surface area is 195 Å². The molecule has 2 aromatic heterocycles. The van der Waals surface area contributed by atoms with E-state index in [1.807, 2.05) is 54.6 Å². The van der Waals surface area contributed by atoms with Crippen LogP contribution in [0.1, 0.15) is 43.7 Å². The van der Waals surface area contributed by atoms with Crippen molar-refractivity contribution in [2.45, 2.75) is 32.6 Å². The Balaban J connectivity index is 1.59. The molecule has 0 fully saturated rings. The predicted molar refractivity (Wildman–Crippen MR) is 125 cm³/mol. The summed E-state index contributed by atoms with van der Waals surface area (Å²) in [5.74, 6) is 1.55. The Morgan fingerprint density at radius 2 is 1.82 bits per heavy atom. The summed E-state index contributed by atoms with van der Waals surface area (Å²) < 4.78 is 7.94. The van der Waals surface area contributed by atoms with E-state index < -0.39 is 0 Å². The molecule has 1 aliphatic heterocycles. The summed E-state index contributed by atoms with van der Waals surface area (Å²) in [5, 5.41) is 5.29. The topological polar surface area (TPSA) is 69.4 Å². The lowest BCUT2D eigenvalue weighted by Gasteiger charge is -2.37. The average Bonchev–Trinajstić information content (AvgIpc) is 3.22. The smallest absolute Gasteiger partial charge is 0.228 e. The second-order valence-corrected chi connectivity index (χ2v) is 9.83. The lowest BCUT2D eigenvalue weighted by Crippen LogP contribution is -2.33. The first-order chi connectivity index (χ1) is 15.9. The number of carbonyl (C=O) groups excluding carboxylic acids is 1. The Morgan fingerprint density at radius 3 is 2.58 bits per heavy atom. The predicted octanol–water partition coefficient (Wildman–Crippen LogP) is 5.61. The maximum atomic E-state index is 13.4. The van der Waals surface area contributed by atoms with Gasteiger partial charge in [-0.1, -0.05) is 55.8 Å². The van der Waals surface area contributed by atoms with Crippen molar-refractivity contribution in [2.24, 2.45) is 5.41 Å². The van der Waals surface area contributed by atoms with Gasteiger partial charge < -0.3 is 4.74 Å². The summed E-state index contributed by atoms with van der Waals surface area (Å²) >= 11 is 6.05. The van der Waals surface area contributed by atoms with Crippen LogP contribution in [0.3, 0.4) is 0 Å². The molecule has 3 heterocycles. The number of allylic oxidation sites excluding steroid dienone is 2. The zero-order valence-electron chi connectivity index (χ0n) is 18.2. The van der Waals surface area contributed by atoms with Crippen LogP contribution in [0.15, 0.2) is 72.3 Å². The molecule has 0 bridgehead atoms. The van der Waals surface area contributed by atoms with Crippen LogP contribution < -0.4 is 4.74 Å². The molecular weight excluding hydrogens is 436 g/mol. The molecule has 4 aromatic rings. The van der Waals surface area contributed by atoms with E-state index >= 15 is 0 Å². The van der Waals surface area contributed by atoms with Gasteiger partial charge >= 0.3 is 0 Å². The molecule has 0 N–H and O–H groups in total. The number of nitrogens with zero attached hydrogens (tertiary/aromatic N) is 4. The van der Waals surface area contributed by atoms with Gasteiger partial charge in [0.2, 0.25) is 5.88 Å². The molecule has 7 heteroatoms. The summed E-state index contributed by atoms with van der Waals surface area (Å²) in [4.78, 5) is 22.8. The van der Waals surface area contributed by atoms with Crippen LogP contribution >= 0.6 is 11.6 Å². The molecule has 0 saturated carbocycles. The van der Waals surface area contributed by atoms with Gasteiger partial charge in [-0.05, 0) is 35.2 Å². The summed E-state index contributed by atoms with van der Waals surface area (Å²) in [5.41, 5.74) is 3.80. The van der Waals surface area contributed by atoms with Crippen LogP contribution in [0, 0.1) is 5.41 Å². The molecule has 0 unspecified atom stereocenters. The largest absolute Gasteiger partial charge is 0.442 e. The van der Waals surface area contributed by atoms with E-state index in [-0.39, 0.29) is 17.1 Å². The molecule has 0 amide bonds. The van der Waals surface area contributed by atoms with Crippen molar-refractivity contribution >= 4 is 23.0 Å². The molecule has 0 spiro atoms. The molecular formula is C26H21ClN4O2. The minimum absolute atomic E-state index is 0.111. The van der Waals surface area contributed by atoms with E-state index in [2.05, 4.69) is 23.9 Å². The van der Waals surface area contributed by atoms with Crippen molar-refractivity contribution in [3.8, 4) is 17.3 Å². The molecule has 0 radical (unpaired) electrons. The van der Waals surface area contributed by atoms with E-state index in [4.69, 9.17) is 21.3 Å². The first-order valence-corrected chi connectivity index (χ1v) is 11.3. The van der Waals surface area contributed by atoms with Crippen molar-refractivity contribution in [2.75, 3.05) is 0 Å². The van der Waals surface area contributed by atoms with Gasteiger partial charge in [0.1, 0.15) is 12.1 Å². The number of rotatable bonds is 2. The van der Waals surface area contributed by atoms with Crippen molar-refractivity contribution in [3.63, 3.8) is 0 Å². The number of aromatic nitrogens is 4. The fourth-order valence-electron chi connectivity index (χ4n) is 4.85. The molecule has 1 aliphatic carbocycles. The normalized spacial score (nSPS) is 19.2. The van der Waals surface area contributed by atoms with Gasteiger partial charge in [-0.25, -0.2) is 14.5 Å². The second-order valence-electron chi connectivity index (χ2n) is 9.40. The number of ether oxygens (including phenoxy) is 1. The molecule has 33 heavy (non-hydrogen) atoms. The van der Waals surface area contributed by atoms with Crippen molar-refractivity contribution in [1.29, 1.82) is 0 Å². The van der Waals surface area contributed by atoms with Gasteiger partial charge in [-0.3, -0.25) is 4.79 Å². The van der Waals surface area contributed by atoms with Gasteiger partial charge in [0, 0.05) is 34.9 Å². The maximum absolute atomic E-state index is 13.4. The highest BCUT2D eigenvalue weighted by Gasteiger charge is 2.43. The van der Waals surface area contributed by atoms with E-state index in [1.165, 1.54) is 0 Å². The summed E-state index contributed by atoms with van der Waals surface area (Å²) in [6.45, 7) is 4.19. The van der Waals surface area contributed by atoms with Crippen LogP contribution in [0.2, 0.25) is 5.02 Å². The summed E-state index contributed by atoms with van der Waals surface area (Å²) in [7, 11) is 0. The van der Waals surface area contributed by atoms with Gasteiger partial charge in [-0.15, -0.1) is 5.10 Å². The number of hydrogen-bond donors (Lipinski definition) is 0. The highest BCUT2D eigenvalue weighted by molar-refractivity contribution is 6.30. The highest BCUT2D eigenvalue weighted by Crippen LogP contribution is 2.50. The van der Waals surface area contributed by atoms with E-state index in [0.29, 0.717) is 46.5 Å². The van der Waals surface area contributed by atoms with E-state index in [9.17, 15) is 4.79 Å². The van der Waals surface area contributed by atoms with Crippen molar-refractivity contribution in [1.82, 2.24) is 19.6 Å². The Morgan fingerprint density at radius 1 is 1.06 bits per heavy atom. The first kappa shape index (κ1) is 20.1. The first-order valence-electron chi connectivity index (χ1n) is 10.9. The third-order valence-electron chi connectivity index (χ3n) is 6.30. The van der Waals surface area contributed by atoms with Crippen LogP contribution in [0.4, 0.5) is 0 Å². The molecule has 0 saturated heterocycles. The third-order valence-corrected chi connectivity index (χ3v) is 6.55. The number of hydrogen-bond acceptors (Lipinski definition) is 5. The van der Waals surface area contributed by atoms with Crippen LogP contribution in [-0.4, -0.2) is 25.4 Å². The van der Waals surface area contributed by atoms with Crippen molar-refractivity contribution < 1.29 is 9.53 Å². The van der Waals surface area contributed by atoms with Crippen LogP contribution in [0.25, 0.3) is 17.0 Å². The second kappa shape index (κ2) is 7.25. The summed E-state index contributed by atoms with van der Waals surface area (Å²) in [6.07, 6.45) is 2.78. The van der Waals surface area contributed by atoms with Gasteiger partial charge in [0.25, 0.3) is 0 Å². The van der Waals surface area contributed by atoms with Gasteiger partial charge in [-0.2, -0.15) is 0 Å². The minimum Gasteiger partial charge on any atom is -0.442 e. The maximum Gasteiger partial charge on any atom is 0.228 e. The van der Waals surface area contributed by atoms with Crippen LogP contribution in [-0.2, 0) is 4.79 Å². The minimum atomic E-state index is -0.313. The monoisotopic (exact) mass is 456 g/mol. The Kier molecular flexibility index (Phi) is 4.42. The number of fused-ring (bicyclic) bond motifs is 3. The number of ketones is 1. The zero-order chi connectivity index (χ0) is 22.7. The van der Waals surface area contributed by atoms with Gasteiger partial charge in [0.05, 0.1) is 5.56 Å². The number of carbonyl (C=O) groups is 1. The average molecular weight is 457 g/mol. The molecule has 6 nitrogen and oxygen atoms in total. The quantitative estimate of drug-likeness (QED) is 0.392. The molecule has 2 aromatic carbocycles.